The van der Waals surface area contributed by atoms with Gasteiger partial charge in [-0.05, 0) is 41.8 Å². The van der Waals surface area contributed by atoms with Crippen molar-refractivity contribution in [2.24, 2.45) is 0 Å². The van der Waals surface area contributed by atoms with Crippen LogP contribution in [0.2, 0.25) is 0 Å². The average molecular weight is 387 g/mol. The Bertz CT molecular complexity index is 841. The summed E-state index contributed by atoms with van der Waals surface area (Å²) in [5, 5.41) is 30.8. The Morgan fingerprint density at radius 1 is 1.04 bits per heavy atom. The lowest BCUT2D eigenvalue weighted by Gasteiger charge is -2.18. The number of ether oxygens (including phenoxy) is 2. The minimum Gasteiger partial charge on any atom is -0.493 e. The number of carbonyl (C=O) groups is 2. The van der Waals surface area contributed by atoms with Crippen molar-refractivity contribution in [2.75, 3.05) is 14.2 Å². The second-order valence-corrected chi connectivity index (χ2v) is 6.16. The minimum absolute atomic E-state index is 0.00125. The molecule has 0 saturated heterocycles. The van der Waals surface area contributed by atoms with Gasteiger partial charge in [0.25, 0.3) is 0 Å². The standard InChI is InChI=1S/C19H22BNO7/c1-27-15-7-6-13(9-16(15)28-2)11-18(22)21-17(20(25)26)10-12-4-3-5-14(8-12)19(23)24/h3-9,17,25-26H,10-11H2,1-2H3,(H,21,22)(H,23,24)/t17-/m0/s1. The van der Waals surface area contributed by atoms with E-state index in [1.165, 1.54) is 26.4 Å². The second-order valence-electron chi connectivity index (χ2n) is 6.16. The molecule has 0 unspecified atom stereocenters. The van der Waals surface area contributed by atoms with Gasteiger partial charge < -0.3 is 29.9 Å². The second kappa shape index (κ2) is 9.77. The molecule has 0 aliphatic carbocycles. The van der Waals surface area contributed by atoms with Crippen molar-refractivity contribution in [3.8, 4) is 11.5 Å². The van der Waals surface area contributed by atoms with Crippen molar-refractivity contribution in [1.82, 2.24) is 5.32 Å². The first-order valence-corrected chi connectivity index (χ1v) is 8.52. The van der Waals surface area contributed by atoms with Crippen LogP contribution in [0.3, 0.4) is 0 Å². The van der Waals surface area contributed by atoms with Crippen LogP contribution in [0.25, 0.3) is 0 Å². The largest absolute Gasteiger partial charge is 0.493 e. The molecule has 1 atom stereocenters. The Labute approximate surface area is 162 Å². The molecule has 0 aliphatic rings. The number of methoxy groups -OCH3 is 2. The molecule has 0 heterocycles. The fourth-order valence-corrected chi connectivity index (χ4v) is 2.75. The predicted molar refractivity (Wildman–Crippen MR) is 102 cm³/mol. The highest BCUT2D eigenvalue weighted by Gasteiger charge is 2.26. The monoisotopic (exact) mass is 387 g/mol. The third kappa shape index (κ3) is 5.73. The summed E-state index contributed by atoms with van der Waals surface area (Å²) >= 11 is 0. The van der Waals surface area contributed by atoms with Crippen LogP contribution >= 0.6 is 0 Å². The molecule has 2 rings (SSSR count). The van der Waals surface area contributed by atoms with E-state index in [1.54, 1.807) is 30.3 Å². The van der Waals surface area contributed by atoms with Crippen LogP contribution in [0.15, 0.2) is 42.5 Å². The molecule has 2 aromatic carbocycles. The van der Waals surface area contributed by atoms with Crippen LogP contribution in [0.5, 0.6) is 11.5 Å². The Balaban J connectivity index is 2.06. The smallest absolute Gasteiger partial charge is 0.475 e. The van der Waals surface area contributed by atoms with Crippen molar-refractivity contribution >= 4 is 19.0 Å². The Morgan fingerprint density at radius 3 is 2.36 bits per heavy atom. The fraction of sp³-hybridized carbons (Fsp3) is 0.263. The highest BCUT2D eigenvalue weighted by molar-refractivity contribution is 6.43. The zero-order valence-electron chi connectivity index (χ0n) is 15.6. The number of carboxylic acids is 1. The zero-order valence-corrected chi connectivity index (χ0v) is 15.6. The predicted octanol–water partition coefficient (Wildman–Crippen LogP) is 0.684. The Morgan fingerprint density at radius 2 is 1.75 bits per heavy atom. The van der Waals surface area contributed by atoms with Gasteiger partial charge in [0.2, 0.25) is 5.91 Å². The summed E-state index contributed by atoms with van der Waals surface area (Å²) in [5.41, 5.74) is 1.30. The number of carboxylic acid groups (broad SMARTS) is 1. The van der Waals surface area contributed by atoms with E-state index in [4.69, 9.17) is 14.6 Å². The molecule has 2 aromatic rings. The van der Waals surface area contributed by atoms with Gasteiger partial charge in [-0.3, -0.25) is 4.79 Å². The number of rotatable bonds is 9. The molecule has 9 heteroatoms. The fourth-order valence-electron chi connectivity index (χ4n) is 2.75. The number of benzene rings is 2. The van der Waals surface area contributed by atoms with Crippen molar-refractivity contribution in [3.05, 3.63) is 59.2 Å². The third-order valence-electron chi connectivity index (χ3n) is 4.15. The van der Waals surface area contributed by atoms with E-state index in [2.05, 4.69) is 5.32 Å². The zero-order chi connectivity index (χ0) is 20.7. The van der Waals surface area contributed by atoms with Gasteiger partial charge in [-0.2, -0.15) is 0 Å². The number of amides is 1. The van der Waals surface area contributed by atoms with Crippen molar-refractivity contribution in [3.63, 3.8) is 0 Å². The lowest BCUT2D eigenvalue weighted by Crippen LogP contribution is -2.48. The number of nitrogens with one attached hydrogen (secondary N) is 1. The molecule has 0 aliphatic heterocycles. The van der Waals surface area contributed by atoms with Crippen LogP contribution in [-0.2, 0) is 17.6 Å². The molecule has 8 nitrogen and oxygen atoms in total. The molecular formula is C19H22BNO7. The van der Waals surface area contributed by atoms with Crippen molar-refractivity contribution in [1.29, 1.82) is 0 Å². The first kappa shape index (κ1) is 21.3. The highest BCUT2D eigenvalue weighted by atomic mass is 16.5. The number of hydrogen-bond donors (Lipinski definition) is 4. The molecule has 0 bridgehead atoms. The molecule has 0 spiro atoms. The van der Waals surface area contributed by atoms with E-state index in [-0.39, 0.29) is 18.4 Å². The first-order chi connectivity index (χ1) is 13.3. The van der Waals surface area contributed by atoms with Gasteiger partial charge >= 0.3 is 13.1 Å². The van der Waals surface area contributed by atoms with Gasteiger partial charge in [0.15, 0.2) is 11.5 Å². The van der Waals surface area contributed by atoms with Crippen LogP contribution in [0.4, 0.5) is 0 Å². The van der Waals surface area contributed by atoms with E-state index in [9.17, 15) is 19.6 Å². The average Bonchev–Trinajstić information content (AvgIpc) is 2.67. The van der Waals surface area contributed by atoms with Gasteiger partial charge in [-0.1, -0.05) is 18.2 Å². The Hall–Kier alpha value is -3.04. The summed E-state index contributed by atoms with van der Waals surface area (Å²) in [5.74, 6) is -1.47. The molecule has 1 amide bonds. The molecule has 0 aromatic heterocycles. The minimum atomic E-state index is -1.80. The molecule has 148 valence electrons. The van der Waals surface area contributed by atoms with Gasteiger partial charge in [0.1, 0.15) is 0 Å². The molecule has 4 N–H and O–H groups in total. The summed E-state index contributed by atoms with van der Waals surface area (Å²) in [4.78, 5) is 23.4. The lowest BCUT2D eigenvalue weighted by atomic mass is 9.75. The van der Waals surface area contributed by atoms with E-state index in [0.29, 0.717) is 22.6 Å². The summed E-state index contributed by atoms with van der Waals surface area (Å²) in [7, 11) is 1.20. The van der Waals surface area contributed by atoms with E-state index in [1.807, 2.05) is 0 Å². The maximum Gasteiger partial charge on any atom is 0.475 e. The van der Waals surface area contributed by atoms with E-state index < -0.39 is 24.9 Å². The summed E-state index contributed by atoms with van der Waals surface area (Å²) in [6, 6.07) is 11.1. The Kier molecular flexibility index (Phi) is 7.42. The third-order valence-corrected chi connectivity index (χ3v) is 4.15. The normalized spacial score (nSPS) is 11.4. The van der Waals surface area contributed by atoms with Gasteiger partial charge in [0, 0.05) is 0 Å². The molecule has 0 fully saturated rings. The maximum absolute atomic E-state index is 12.3. The van der Waals surface area contributed by atoms with Crippen LogP contribution in [-0.4, -0.2) is 54.3 Å². The van der Waals surface area contributed by atoms with E-state index >= 15 is 0 Å². The molecule has 0 radical (unpaired) electrons. The van der Waals surface area contributed by atoms with Crippen molar-refractivity contribution in [2.45, 2.75) is 18.8 Å². The summed E-state index contributed by atoms with van der Waals surface area (Å²) in [6.07, 6.45) is 0.0647. The summed E-state index contributed by atoms with van der Waals surface area (Å²) in [6.45, 7) is 0. The number of hydrogen-bond acceptors (Lipinski definition) is 6. The molecule has 28 heavy (non-hydrogen) atoms. The SMILES string of the molecule is COc1ccc(CC(=O)N[C@@H](Cc2cccc(C(=O)O)c2)B(O)O)cc1OC. The highest BCUT2D eigenvalue weighted by Crippen LogP contribution is 2.27. The van der Waals surface area contributed by atoms with E-state index in [0.717, 1.165) is 0 Å². The van der Waals surface area contributed by atoms with Crippen LogP contribution < -0.4 is 14.8 Å². The lowest BCUT2D eigenvalue weighted by molar-refractivity contribution is -0.120. The van der Waals surface area contributed by atoms with Crippen LogP contribution in [0.1, 0.15) is 21.5 Å². The van der Waals surface area contributed by atoms with Gasteiger partial charge in [-0.25, -0.2) is 4.79 Å². The first-order valence-electron chi connectivity index (χ1n) is 8.52. The van der Waals surface area contributed by atoms with Gasteiger partial charge in [-0.15, -0.1) is 0 Å². The molecule has 0 saturated carbocycles. The quantitative estimate of drug-likeness (QED) is 0.467. The maximum atomic E-state index is 12.3. The molecular weight excluding hydrogens is 365 g/mol. The topological polar surface area (TPSA) is 125 Å². The van der Waals surface area contributed by atoms with Gasteiger partial charge in [0.05, 0.1) is 32.1 Å². The van der Waals surface area contributed by atoms with Crippen molar-refractivity contribution < 1.29 is 34.2 Å². The van der Waals surface area contributed by atoms with Crippen LogP contribution in [0, 0.1) is 0 Å². The number of aromatic carboxylic acids is 1. The summed E-state index contributed by atoms with van der Waals surface area (Å²) < 4.78 is 10.4. The number of carbonyl (C=O) groups excluding carboxylic acids is 1.